The molecule has 0 N–H and O–H groups in total. The smallest absolute Gasteiger partial charge is 0.306 e. The number of rotatable bonds is 32. The first-order chi connectivity index (χ1) is 37.7. The topological polar surface area (TPSA) is 154 Å². The summed E-state index contributed by atoms with van der Waals surface area (Å²) in [5.74, 6) is 5.90. The number of halogens is 2. The molecule has 4 atom stereocenters. The molecule has 2 heterocycles. The lowest BCUT2D eigenvalue weighted by atomic mass is 9.86. The second-order valence-electron chi connectivity index (χ2n) is 20.3. The molecule has 0 bridgehead atoms. The third kappa shape index (κ3) is 16.8. The van der Waals surface area contributed by atoms with Gasteiger partial charge in [-0.25, -0.2) is 0 Å². The van der Waals surface area contributed by atoms with Gasteiger partial charge < -0.3 is 95.4 Å². The van der Waals surface area contributed by atoms with Crippen LogP contribution in [-0.4, -0.2) is 159 Å². The number of benzene rings is 4. The van der Waals surface area contributed by atoms with Crippen molar-refractivity contribution < 1.29 is 105 Å². The zero-order valence-corrected chi connectivity index (χ0v) is 50.6. The Balaban J connectivity index is 0.00000689. The number of allylic oxidation sites excluding steroid dienone is 2. The van der Waals surface area contributed by atoms with E-state index in [1.165, 1.54) is 22.3 Å². The molecule has 0 unspecified atom stereocenters. The number of carbonyl (C=O) groups is 2. The van der Waals surface area contributed by atoms with Crippen molar-refractivity contribution in [1.82, 2.24) is 0 Å². The molecule has 0 fully saturated rings. The Kier molecular flexibility index (Phi) is 27.0. The van der Waals surface area contributed by atoms with E-state index in [0.29, 0.717) is 110 Å². The summed E-state index contributed by atoms with van der Waals surface area (Å²) in [6.07, 6.45) is 10.8. The van der Waals surface area contributed by atoms with Crippen LogP contribution in [0.15, 0.2) is 60.7 Å². The monoisotopic (exact) mass is 1160 g/mol. The average Bonchev–Trinajstić information content (AvgIpc) is 3.50. The van der Waals surface area contributed by atoms with Gasteiger partial charge in [0.15, 0.2) is 46.0 Å². The molecule has 4 aromatic carbocycles. The Labute approximate surface area is 486 Å². The SMILES string of the molecule is COc1cc2c(cc1OC)[C@@H](Cc1cc(OC)c(OC)c(OC)c1)[N@@+](C)(CCCOCCCOC(=O)CC/C=C/CCC(=O)OCCC[N@@+]1(C)CCc3cc(OC)c(OC)cc3[C@H]1Cc1cc(OC)c(OC)c(OC)c1)CC2.[Cl-].[Cl-]. The molecule has 4 aromatic rings. The molecule has 444 valence electrons. The molecule has 0 aliphatic carbocycles. The molecule has 6 rings (SSSR count). The Bertz CT molecular complexity index is 2600. The van der Waals surface area contributed by atoms with Gasteiger partial charge in [-0.2, -0.15) is 0 Å². The van der Waals surface area contributed by atoms with E-state index < -0.39 is 0 Å². The highest BCUT2D eigenvalue weighted by Crippen LogP contribution is 2.47. The van der Waals surface area contributed by atoms with Crippen molar-refractivity contribution in [3.05, 3.63) is 94.1 Å². The lowest BCUT2D eigenvalue weighted by Crippen LogP contribution is -3.00. The second kappa shape index (κ2) is 32.5. The van der Waals surface area contributed by atoms with E-state index in [1.807, 2.05) is 36.4 Å². The molecule has 0 saturated heterocycles. The number of hydrogen-bond donors (Lipinski definition) is 0. The van der Waals surface area contributed by atoms with Gasteiger partial charge in [-0.15, -0.1) is 0 Å². The highest BCUT2D eigenvalue weighted by Gasteiger charge is 2.42. The van der Waals surface area contributed by atoms with Crippen molar-refractivity contribution in [2.75, 3.05) is 138 Å². The van der Waals surface area contributed by atoms with Crippen LogP contribution in [0, 0.1) is 0 Å². The van der Waals surface area contributed by atoms with Crippen LogP contribution in [-0.2, 0) is 49.5 Å². The number of esters is 2. The third-order valence-electron chi connectivity index (χ3n) is 15.5. The molecule has 0 saturated carbocycles. The Morgan fingerprint density at radius 2 is 0.787 bits per heavy atom. The fourth-order valence-corrected chi connectivity index (χ4v) is 11.2. The number of quaternary nitrogens is 2. The summed E-state index contributed by atoms with van der Waals surface area (Å²) < 4.78 is 75.7. The predicted molar refractivity (Wildman–Crippen MR) is 298 cm³/mol. The normalized spacial score (nSPS) is 18.1. The third-order valence-corrected chi connectivity index (χ3v) is 15.5. The standard InChI is InChI=1S/C61H86N2O15.2ClH/c1-62(26-22-44-38-50(66-3)52(68-5)40-46(44)48(62)32-42-34-54(70-7)60(74-11)55(35-42)71-8)24-17-28-76-29-19-31-78-59(65)21-16-14-13-15-20-58(64)77-30-18-25-63(2)27-23-45-39-51(67-4)53(69-6)41-47(45)49(63)33-43-36-56(72-9)61(75-12)57(37-43)73-10;;/h13-14,34-41,48-49H,15-33H2,1-12H3;2*1H/q+2;;/p-2/b14-13+;;/t48-,49-,62+,63+;;/m1../s1. The molecular weight excluding hydrogens is 1070 g/mol. The lowest BCUT2D eigenvalue weighted by Gasteiger charge is -2.46. The number of likely N-dealkylation sites (N-methyl/N-ethyl adjacent to an activating group) is 2. The number of hydrogen-bond acceptors (Lipinski definition) is 15. The van der Waals surface area contributed by atoms with Gasteiger partial charge in [-0.3, -0.25) is 9.59 Å². The Morgan fingerprint density at radius 3 is 1.15 bits per heavy atom. The van der Waals surface area contributed by atoms with Gasteiger partial charge in [-0.05, 0) is 83.6 Å². The minimum absolute atomic E-state index is 0. The van der Waals surface area contributed by atoms with Gasteiger partial charge in [0.05, 0.1) is 131 Å². The van der Waals surface area contributed by atoms with Crippen LogP contribution in [0.4, 0.5) is 0 Å². The summed E-state index contributed by atoms with van der Waals surface area (Å²) in [6, 6.07) is 16.7. The van der Waals surface area contributed by atoms with Crippen molar-refractivity contribution in [3.8, 4) is 57.5 Å². The first-order valence-electron chi connectivity index (χ1n) is 27.1. The van der Waals surface area contributed by atoms with E-state index in [2.05, 4.69) is 38.4 Å². The number of carbonyl (C=O) groups excluding carboxylic acids is 2. The first-order valence-corrected chi connectivity index (χ1v) is 27.1. The van der Waals surface area contributed by atoms with Gasteiger partial charge in [0.25, 0.3) is 0 Å². The Hall–Kier alpha value is -5.98. The largest absolute Gasteiger partial charge is 1.00 e. The fraction of sp³-hybridized carbons (Fsp3) is 0.541. The molecular formula is C61H86Cl2N2O15. The number of methoxy groups -OCH3 is 10. The van der Waals surface area contributed by atoms with Crippen LogP contribution < -0.4 is 72.2 Å². The molecule has 0 aromatic heterocycles. The van der Waals surface area contributed by atoms with Crippen LogP contribution in [0.3, 0.4) is 0 Å². The summed E-state index contributed by atoms with van der Waals surface area (Å²) >= 11 is 0. The van der Waals surface area contributed by atoms with Gasteiger partial charge in [0, 0.05) is 75.5 Å². The van der Waals surface area contributed by atoms with Crippen LogP contribution in [0.5, 0.6) is 57.5 Å². The van der Waals surface area contributed by atoms with E-state index in [1.54, 1.807) is 71.1 Å². The molecule has 2 aliphatic rings. The van der Waals surface area contributed by atoms with Crippen molar-refractivity contribution in [3.63, 3.8) is 0 Å². The quantitative estimate of drug-likeness (QED) is 0.0304. The van der Waals surface area contributed by atoms with Crippen LogP contribution in [0.25, 0.3) is 0 Å². The van der Waals surface area contributed by atoms with Crippen molar-refractivity contribution in [2.45, 2.75) is 82.7 Å². The second-order valence-corrected chi connectivity index (χ2v) is 20.3. The van der Waals surface area contributed by atoms with Gasteiger partial charge >= 0.3 is 11.9 Å². The summed E-state index contributed by atoms with van der Waals surface area (Å²) in [5, 5.41) is 0. The van der Waals surface area contributed by atoms with E-state index in [0.717, 1.165) is 77.7 Å². The molecule has 0 amide bonds. The van der Waals surface area contributed by atoms with Gasteiger partial charge in [0.2, 0.25) is 11.5 Å². The van der Waals surface area contributed by atoms with Crippen LogP contribution in [0.1, 0.15) is 90.4 Å². The molecule has 17 nitrogen and oxygen atoms in total. The molecule has 2 aliphatic heterocycles. The zero-order chi connectivity index (χ0) is 56.2. The molecule has 80 heavy (non-hydrogen) atoms. The highest BCUT2D eigenvalue weighted by atomic mass is 35.5. The highest BCUT2D eigenvalue weighted by molar-refractivity contribution is 5.70. The lowest BCUT2D eigenvalue weighted by molar-refractivity contribution is -0.941. The fourth-order valence-electron chi connectivity index (χ4n) is 11.2. The van der Waals surface area contributed by atoms with E-state index >= 15 is 0 Å². The first kappa shape index (κ1) is 66.5. The van der Waals surface area contributed by atoms with Gasteiger partial charge in [0.1, 0.15) is 12.1 Å². The van der Waals surface area contributed by atoms with Crippen LogP contribution >= 0.6 is 0 Å². The summed E-state index contributed by atoms with van der Waals surface area (Å²) in [4.78, 5) is 25.3. The minimum Gasteiger partial charge on any atom is -1.00 e. The van der Waals surface area contributed by atoms with Gasteiger partial charge in [-0.1, -0.05) is 12.2 Å². The summed E-state index contributed by atoms with van der Waals surface area (Å²) in [5.41, 5.74) is 7.03. The van der Waals surface area contributed by atoms with Crippen molar-refractivity contribution in [1.29, 1.82) is 0 Å². The summed E-state index contributed by atoms with van der Waals surface area (Å²) in [6.45, 7) is 5.25. The number of nitrogens with zero attached hydrogens (tertiary/aromatic N) is 2. The van der Waals surface area contributed by atoms with E-state index in [-0.39, 0.29) is 61.7 Å². The number of fused-ring (bicyclic) bond motifs is 2. The van der Waals surface area contributed by atoms with Crippen LogP contribution in [0.2, 0.25) is 0 Å². The molecule has 19 heteroatoms. The van der Waals surface area contributed by atoms with E-state index in [9.17, 15) is 9.59 Å². The number of ether oxygens (including phenoxy) is 13. The molecule has 0 spiro atoms. The summed E-state index contributed by atoms with van der Waals surface area (Å²) in [7, 11) is 21.0. The zero-order valence-electron chi connectivity index (χ0n) is 49.1. The average molecular weight is 1160 g/mol. The maximum atomic E-state index is 12.8. The maximum Gasteiger partial charge on any atom is 0.306 e. The predicted octanol–water partition coefficient (Wildman–Crippen LogP) is 3.44. The van der Waals surface area contributed by atoms with Crippen molar-refractivity contribution >= 4 is 11.9 Å². The maximum absolute atomic E-state index is 12.8. The van der Waals surface area contributed by atoms with E-state index in [4.69, 9.17) is 61.6 Å². The minimum atomic E-state index is -0.257. The van der Waals surface area contributed by atoms with Crippen molar-refractivity contribution in [2.24, 2.45) is 0 Å². The molecule has 0 radical (unpaired) electrons. The Morgan fingerprint density at radius 1 is 0.450 bits per heavy atom.